The number of anilines is 1. The van der Waals surface area contributed by atoms with Crippen LogP contribution in [0, 0.1) is 6.92 Å². The van der Waals surface area contributed by atoms with Crippen molar-refractivity contribution in [2.75, 3.05) is 24.2 Å². The molecule has 0 atom stereocenters. The third-order valence-corrected chi connectivity index (χ3v) is 6.63. The van der Waals surface area contributed by atoms with E-state index in [9.17, 15) is 9.59 Å². The first-order valence-corrected chi connectivity index (χ1v) is 11.0. The Bertz CT molecular complexity index is 1000. The lowest BCUT2D eigenvalue weighted by Gasteiger charge is -2.40. The van der Waals surface area contributed by atoms with Gasteiger partial charge in [-0.15, -0.1) is 0 Å². The summed E-state index contributed by atoms with van der Waals surface area (Å²) in [7, 11) is 0. The molecule has 0 aliphatic carbocycles. The standard InChI is InChI=1S/C19H22Cl2N4O3S/c1-11-15(24-9-7-19(2,8-10-24)23-18(27)28)22-17(29-3)25(16(11)26)13-6-4-5-12(20)14(13)21/h4-6,23H,7-10H2,1-3H3,(H,27,28). The molecule has 2 N–H and O–H groups in total. The van der Waals surface area contributed by atoms with Gasteiger partial charge < -0.3 is 15.3 Å². The van der Waals surface area contributed by atoms with E-state index in [0.29, 0.717) is 58.2 Å². The monoisotopic (exact) mass is 456 g/mol. The number of hydrogen-bond acceptors (Lipinski definition) is 5. The lowest BCUT2D eigenvalue weighted by molar-refractivity contribution is 0.173. The lowest BCUT2D eigenvalue weighted by atomic mass is 9.89. The fraction of sp³-hybridized carbons (Fsp3) is 0.421. The predicted molar refractivity (Wildman–Crippen MR) is 117 cm³/mol. The number of carbonyl (C=O) groups is 1. The summed E-state index contributed by atoms with van der Waals surface area (Å²) in [6, 6.07) is 5.14. The number of hydrogen-bond donors (Lipinski definition) is 2. The largest absolute Gasteiger partial charge is 0.465 e. The zero-order valence-corrected chi connectivity index (χ0v) is 18.7. The number of aromatic nitrogens is 2. The summed E-state index contributed by atoms with van der Waals surface area (Å²) in [6.07, 6.45) is 2.07. The molecular formula is C19H22Cl2N4O3S. The molecule has 29 heavy (non-hydrogen) atoms. The third kappa shape index (κ3) is 4.34. The van der Waals surface area contributed by atoms with Crippen LogP contribution >= 0.6 is 35.0 Å². The van der Waals surface area contributed by atoms with Crippen molar-refractivity contribution < 1.29 is 9.90 Å². The van der Waals surface area contributed by atoms with E-state index < -0.39 is 11.6 Å². The van der Waals surface area contributed by atoms with E-state index in [1.54, 1.807) is 25.1 Å². The molecule has 7 nitrogen and oxygen atoms in total. The van der Waals surface area contributed by atoms with E-state index >= 15 is 0 Å². The van der Waals surface area contributed by atoms with Gasteiger partial charge in [-0.05, 0) is 45.1 Å². The minimum absolute atomic E-state index is 0.208. The van der Waals surface area contributed by atoms with Crippen molar-refractivity contribution in [3.8, 4) is 5.69 Å². The molecule has 0 spiro atoms. The van der Waals surface area contributed by atoms with Crippen molar-refractivity contribution in [1.29, 1.82) is 0 Å². The number of carboxylic acid groups (broad SMARTS) is 1. The van der Waals surface area contributed by atoms with E-state index in [-0.39, 0.29) is 5.56 Å². The summed E-state index contributed by atoms with van der Waals surface area (Å²) >= 11 is 13.8. The molecule has 3 rings (SSSR count). The van der Waals surface area contributed by atoms with Crippen LogP contribution in [-0.4, -0.2) is 45.6 Å². The van der Waals surface area contributed by atoms with E-state index in [1.807, 2.05) is 18.1 Å². The molecule has 10 heteroatoms. The lowest BCUT2D eigenvalue weighted by Crippen LogP contribution is -2.53. The number of nitrogens with zero attached hydrogens (tertiary/aromatic N) is 3. The van der Waals surface area contributed by atoms with Crippen LogP contribution in [-0.2, 0) is 0 Å². The van der Waals surface area contributed by atoms with Crippen LogP contribution in [0.15, 0.2) is 28.2 Å². The highest BCUT2D eigenvalue weighted by molar-refractivity contribution is 7.98. The summed E-state index contributed by atoms with van der Waals surface area (Å²) < 4.78 is 1.48. The molecule has 2 heterocycles. The Labute approximate surface area is 183 Å². The summed E-state index contributed by atoms with van der Waals surface area (Å²) in [4.78, 5) is 31.0. The van der Waals surface area contributed by atoms with Crippen LogP contribution in [0.1, 0.15) is 25.3 Å². The van der Waals surface area contributed by atoms with Crippen LogP contribution < -0.4 is 15.8 Å². The van der Waals surface area contributed by atoms with Gasteiger partial charge in [-0.3, -0.25) is 9.36 Å². The molecule has 1 aromatic carbocycles. The summed E-state index contributed by atoms with van der Waals surface area (Å²) in [6.45, 7) is 4.83. The van der Waals surface area contributed by atoms with Crippen LogP contribution in [0.3, 0.4) is 0 Å². The summed E-state index contributed by atoms with van der Waals surface area (Å²) in [5.74, 6) is 0.617. The van der Waals surface area contributed by atoms with Crippen LogP contribution in [0.2, 0.25) is 10.0 Å². The summed E-state index contributed by atoms with van der Waals surface area (Å²) in [5.41, 5.74) is 0.309. The molecule has 0 bridgehead atoms. The van der Waals surface area contributed by atoms with Gasteiger partial charge in [0.2, 0.25) is 0 Å². The van der Waals surface area contributed by atoms with Crippen molar-refractivity contribution in [3.05, 3.63) is 44.2 Å². The minimum atomic E-state index is -1.03. The Kier molecular flexibility index (Phi) is 6.36. The molecule has 1 amide bonds. The maximum Gasteiger partial charge on any atom is 0.405 e. The van der Waals surface area contributed by atoms with Crippen molar-refractivity contribution >= 4 is 46.9 Å². The van der Waals surface area contributed by atoms with Gasteiger partial charge in [-0.2, -0.15) is 0 Å². The van der Waals surface area contributed by atoms with Gasteiger partial charge in [0.15, 0.2) is 5.16 Å². The van der Waals surface area contributed by atoms with Gasteiger partial charge in [0.25, 0.3) is 5.56 Å². The van der Waals surface area contributed by atoms with Crippen molar-refractivity contribution in [1.82, 2.24) is 14.9 Å². The van der Waals surface area contributed by atoms with Gasteiger partial charge in [0.1, 0.15) is 5.82 Å². The van der Waals surface area contributed by atoms with Crippen LogP contribution in [0.5, 0.6) is 0 Å². The second-order valence-electron chi connectivity index (χ2n) is 7.24. The van der Waals surface area contributed by atoms with E-state index in [0.717, 1.165) is 0 Å². The number of halogens is 2. The Hall–Kier alpha value is -1.90. The molecule has 0 saturated carbocycles. The van der Waals surface area contributed by atoms with Gasteiger partial charge in [-0.25, -0.2) is 9.78 Å². The first kappa shape index (κ1) is 21.8. The maximum atomic E-state index is 13.2. The zero-order chi connectivity index (χ0) is 21.3. The molecular weight excluding hydrogens is 435 g/mol. The van der Waals surface area contributed by atoms with Crippen molar-refractivity contribution in [2.24, 2.45) is 0 Å². The molecule has 2 aromatic rings. The average Bonchev–Trinajstić information content (AvgIpc) is 2.66. The average molecular weight is 457 g/mol. The molecule has 0 radical (unpaired) electrons. The number of benzene rings is 1. The Morgan fingerprint density at radius 1 is 1.31 bits per heavy atom. The Morgan fingerprint density at radius 3 is 2.55 bits per heavy atom. The van der Waals surface area contributed by atoms with Crippen LogP contribution in [0.4, 0.5) is 10.6 Å². The smallest absolute Gasteiger partial charge is 0.405 e. The highest BCUT2D eigenvalue weighted by atomic mass is 35.5. The quantitative estimate of drug-likeness (QED) is 0.529. The fourth-order valence-corrected chi connectivity index (χ4v) is 4.41. The second kappa shape index (κ2) is 8.45. The molecule has 1 saturated heterocycles. The predicted octanol–water partition coefficient (Wildman–Crippen LogP) is 4.20. The van der Waals surface area contributed by atoms with Gasteiger partial charge >= 0.3 is 6.09 Å². The highest BCUT2D eigenvalue weighted by Gasteiger charge is 2.33. The SMILES string of the molecule is CSc1nc(N2CCC(C)(NC(=O)O)CC2)c(C)c(=O)n1-c1cccc(Cl)c1Cl. The van der Waals surface area contributed by atoms with Gasteiger partial charge in [-0.1, -0.05) is 41.0 Å². The zero-order valence-electron chi connectivity index (χ0n) is 16.3. The minimum Gasteiger partial charge on any atom is -0.465 e. The highest BCUT2D eigenvalue weighted by Crippen LogP contribution is 2.32. The third-order valence-electron chi connectivity index (χ3n) is 5.18. The number of thioether (sulfide) groups is 1. The number of amides is 1. The number of nitrogens with one attached hydrogen (secondary N) is 1. The molecule has 156 valence electrons. The Balaban J connectivity index is 2.00. The van der Waals surface area contributed by atoms with E-state index in [2.05, 4.69) is 5.32 Å². The van der Waals surface area contributed by atoms with Gasteiger partial charge in [0.05, 0.1) is 21.3 Å². The van der Waals surface area contributed by atoms with Gasteiger partial charge in [0, 0.05) is 18.6 Å². The first-order valence-electron chi connectivity index (χ1n) is 9.05. The second-order valence-corrected chi connectivity index (χ2v) is 8.80. The number of piperidine rings is 1. The number of rotatable bonds is 4. The molecule has 0 unspecified atom stereocenters. The van der Waals surface area contributed by atoms with E-state index in [4.69, 9.17) is 33.3 Å². The maximum absolute atomic E-state index is 13.2. The molecule has 1 aromatic heterocycles. The first-order chi connectivity index (χ1) is 13.7. The molecule has 1 aliphatic rings. The molecule has 1 aliphatic heterocycles. The molecule has 1 fully saturated rings. The van der Waals surface area contributed by atoms with Crippen molar-refractivity contribution in [3.63, 3.8) is 0 Å². The topological polar surface area (TPSA) is 87.5 Å². The fourth-order valence-electron chi connectivity index (χ4n) is 3.49. The Morgan fingerprint density at radius 2 is 1.97 bits per heavy atom. The van der Waals surface area contributed by atoms with Crippen molar-refractivity contribution in [2.45, 2.75) is 37.4 Å². The van der Waals surface area contributed by atoms with E-state index in [1.165, 1.54) is 16.3 Å². The normalized spacial score (nSPS) is 16.0. The summed E-state index contributed by atoms with van der Waals surface area (Å²) in [5, 5.41) is 12.8. The van der Waals surface area contributed by atoms with Crippen LogP contribution in [0.25, 0.3) is 5.69 Å².